The molecule has 1 aliphatic carbocycles. The van der Waals surface area contributed by atoms with Gasteiger partial charge in [-0.1, -0.05) is 0 Å². The number of carbonyl (C=O) groups excluding carboxylic acids is 1. The van der Waals surface area contributed by atoms with Crippen LogP contribution in [0.5, 0.6) is 0 Å². The summed E-state index contributed by atoms with van der Waals surface area (Å²) in [5.74, 6) is 1.53. The zero-order chi connectivity index (χ0) is 16.8. The molecule has 0 radical (unpaired) electrons. The molecular formula is C17H23N5O2. The molecule has 2 aromatic rings. The normalized spacial score (nSPS) is 24.5. The summed E-state index contributed by atoms with van der Waals surface area (Å²) in [7, 11) is 4.06. The third-order valence-corrected chi connectivity index (χ3v) is 5.00. The molecule has 0 unspecified atom stereocenters. The summed E-state index contributed by atoms with van der Waals surface area (Å²) in [5.41, 5.74) is 1.82. The Labute approximate surface area is 141 Å². The highest BCUT2D eigenvalue weighted by atomic mass is 16.4. The average molecular weight is 329 g/mol. The Hall–Kier alpha value is -2.15. The van der Waals surface area contributed by atoms with Crippen molar-refractivity contribution < 1.29 is 9.21 Å². The molecule has 7 heteroatoms. The minimum atomic E-state index is -0.167. The molecular weight excluding hydrogens is 306 g/mol. The number of hydrogen-bond acceptors (Lipinski definition) is 5. The quantitative estimate of drug-likeness (QED) is 0.918. The number of rotatable bonds is 4. The number of likely N-dealkylation sites (tertiary alicyclic amines) is 1. The molecule has 1 saturated carbocycles. The second-order valence-electron chi connectivity index (χ2n) is 7.08. The Morgan fingerprint density at radius 3 is 2.79 bits per heavy atom. The van der Waals surface area contributed by atoms with Crippen molar-refractivity contribution in [2.75, 3.05) is 20.1 Å². The van der Waals surface area contributed by atoms with E-state index in [1.54, 1.807) is 6.33 Å². The maximum absolute atomic E-state index is 12.7. The highest BCUT2D eigenvalue weighted by molar-refractivity contribution is 5.92. The van der Waals surface area contributed by atoms with E-state index in [9.17, 15) is 4.79 Å². The fourth-order valence-electron chi connectivity index (χ4n) is 3.54. The topological polar surface area (TPSA) is 76.2 Å². The van der Waals surface area contributed by atoms with Crippen molar-refractivity contribution in [1.82, 2.24) is 24.8 Å². The third kappa shape index (κ3) is 2.73. The standard InChI is InChI=1S/C17H23N5O2/c1-10-15(24-17(19-10)11-4-5-11)16(23)20-13-8-21(2)7-12(13)14-6-18-9-22(14)3/h6,9,11-13H,4-5,7-8H2,1-3H3,(H,20,23)/t12-,13-/m1/s1. The summed E-state index contributed by atoms with van der Waals surface area (Å²) in [6, 6.07) is 0.0341. The van der Waals surface area contributed by atoms with Gasteiger partial charge in [0, 0.05) is 43.9 Å². The number of amides is 1. The van der Waals surface area contributed by atoms with Crippen LogP contribution in [0.2, 0.25) is 0 Å². The van der Waals surface area contributed by atoms with Crippen molar-refractivity contribution in [3.63, 3.8) is 0 Å². The van der Waals surface area contributed by atoms with E-state index in [0.29, 0.717) is 23.3 Å². The van der Waals surface area contributed by atoms with E-state index < -0.39 is 0 Å². The first-order valence-electron chi connectivity index (χ1n) is 8.46. The zero-order valence-corrected chi connectivity index (χ0v) is 14.3. The summed E-state index contributed by atoms with van der Waals surface area (Å²) >= 11 is 0. The molecule has 1 N–H and O–H groups in total. The maximum Gasteiger partial charge on any atom is 0.289 e. The summed E-state index contributed by atoms with van der Waals surface area (Å²) in [4.78, 5) is 23.6. The minimum absolute atomic E-state index is 0.0341. The van der Waals surface area contributed by atoms with Crippen molar-refractivity contribution in [2.45, 2.75) is 37.6 Å². The smallest absolute Gasteiger partial charge is 0.289 e. The van der Waals surface area contributed by atoms with Crippen LogP contribution in [0, 0.1) is 6.92 Å². The second-order valence-corrected chi connectivity index (χ2v) is 7.08. The third-order valence-electron chi connectivity index (χ3n) is 5.00. The molecule has 128 valence electrons. The summed E-state index contributed by atoms with van der Waals surface area (Å²) in [6.45, 7) is 3.54. The lowest BCUT2D eigenvalue weighted by molar-refractivity contribution is 0.0904. The predicted molar refractivity (Wildman–Crippen MR) is 87.9 cm³/mol. The van der Waals surface area contributed by atoms with Crippen molar-refractivity contribution in [2.24, 2.45) is 7.05 Å². The van der Waals surface area contributed by atoms with Crippen LogP contribution in [-0.4, -0.2) is 51.5 Å². The first kappa shape index (κ1) is 15.4. The van der Waals surface area contributed by atoms with Crippen molar-refractivity contribution in [3.8, 4) is 0 Å². The van der Waals surface area contributed by atoms with Crippen LogP contribution in [-0.2, 0) is 7.05 Å². The van der Waals surface area contributed by atoms with Gasteiger partial charge in [-0.25, -0.2) is 9.97 Å². The van der Waals surface area contributed by atoms with E-state index in [0.717, 1.165) is 31.6 Å². The Morgan fingerprint density at radius 1 is 1.33 bits per heavy atom. The number of nitrogens with zero attached hydrogens (tertiary/aromatic N) is 4. The number of hydrogen-bond donors (Lipinski definition) is 1. The van der Waals surface area contributed by atoms with Crippen LogP contribution in [0.1, 0.15) is 52.5 Å². The fraction of sp³-hybridized carbons (Fsp3) is 0.588. The van der Waals surface area contributed by atoms with Gasteiger partial charge in [0.05, 0.1) is 18.1 Å². The molecule has 2 fully saturated rings. The van der Waals surface area contributed by atoms with Gasteiger partial charge in [-0.2, -0.15) is 0 Å². The van der Waals surface area contributed by atoms with E-state index >= 15 is 0 Å². The highest BCUT2D eigenvalue weighted by Crippen LogP contribution is 2.40. The molecule has 2 aliphatic rings. The van der Waals surface area contributed by atoms with E-state index in [1.807, 2.05) is 24.7 Å². The summed E-state index contributed by atoms with van der Waals surface area (Å²) in [5, 5.41) is 3.15. The SMILES string of the molecule is Cc1nc(C2CC2)oc1C(=O)N[C@@H]1CN(C)C[C@H]1c1cncn1C. The first-order valence-corrected chi connectivity index (χ1v) is 8.46. The van der Waals surface area contributed by atoms with Crippen LogP contribution in [0.3, 0.4) is 0 Å². The Balaban J connectivity index is 1.52. The number of carbonyl (C=O) groups is 1. The van der Waals surface area contributed by atoms with E-state index in [2.05, 4.69) is 27.2 Å². The van der Waals surface area contributed by atoms with Crippen LogP contribution in [0.4, 0.5) is 0 Å². The Morgan fingerprint density at radius 2 is 2.12 bits per heavy atom. The molecule has 2 atom stereocenters. The Kier molecular flexibility index (Phi) is 3.68. The maximum atomic E-state index is 12.7. The second kappa shape index (κ2) is 5.73. The van der Waals surface area contributed by atoms with E-state index in [-0.39, 0.29) is 17.9 Å². The molecule has 7 nitrogen and oxygen atoms in total. The largest absolute Gasteiger partial charge is 0.435 e. The van der Waals surface area contributed by atoms with Gasteiger partial charge in [0.25, 0.3) is 5.91 Å². The molecule has 1 amide bonds. The minimum Gasteiger partial charge on any atom is -0.435 e. The Bertz CT molecular complexity index is 761. The fourth-order valence-corrected chi connectivity index (χ4v) is 3.54. The van der Waals surface area contributed by atoms with Gasteiger partial charge < -0.3 is 19.2 Å². The van der Waals surface area contributed by atoms with Crippen LogP contribution < -0.4 is 5.32 Å². The van der Waals surface area contributed by atoms with Crippen molar-refractivity contribution in [3.05, 3.63) is 35.6 Å². The monoisotopic (exact) mass is 329 g/mol. The number of aryl methyl sites for hydroxylation is 2. The number of aromatic nitrogens is 3. The van der Waals surface area contributed by atoms with Gasteiger partial charge in [-0.15, -0.1) is 0 Å². The molecule has 2 aromatic heterocycles. The van der Waals surface area contributed by atoms with Gasteiger partial charge >= 0.3 is 0 Å². The highest BCUT2D eigenvalue weighted by Gasteiger charge is 2.36. The van der Waals surface area contributed by atoms with Crippen LogP contribution in [0.15, 0.2) is 16.9 Å². The van der Waals surface area contributed by atoms with Gasteiger partial charge in [-0.3, -0.25) is 4.79 Å². The number of oxazole rings is 1. The lowest BCUT2D eigenvalue weighted by Crippen LogP contribution is -2.40. The molecule has 0 aromatic carbocycles. The molecule has 1 aliphatic heterocycles. The lowest BCUT2D eigenvalue weighted by atomic mass is 10.00. The van der Waals surface area contributed by atoms with Gasteiger partial charge in [0.1, 0.15) is 0 Å². The lowest BCUT2D eigenvalue weighted by Gasteiger charge is -2.19. The average Bonchev–Trinajstić information content (AvgIpc) is 3.04. The number of imidazole rings is 1. The van der Waals surface area contributed by atoms with Crippen molar-refractivity contribution >= 4 is 5.91 Å². The molecule has 1 saturated heterocycles. The molecule has 3 heterocycles. The van der Waals surface area contributed by atoms with Crippen LogP contribution >= 0.6 is 0 Å². The molecule has 0 bridgehead atoms. The zero-order valence-electron chi connectivity index (χ0n) is 14.3. The van der Waals surface area contributed by atoms with E-state index in [4.69, 9.17) is 4.42 Å². The number of likely N-dealkylation sites (N-methyl/N-ethyl adjacent to an activating group) is 1. The van der Waals surface area contributed by atoms with Crippen LogP contribution in [0.25, 0.3) is 0 Å². The summed E-state index contributed by atoms with van der Waals surface area (Å²) < 4.78 is 7.75. The molecule has 4 rings (SSSR count). The molecule has 0 spiro atoms. The summed E-state index contributed by atoms with van der Waals surface area (Å²) in [6.07, 6.45) is 5.90. The molecule has 24 heavy (non-hydrogen) atoms. The van der Waals surface area contributed by atoms with E-state index in [1.165, 1.54) is 0 Å². The number of nitrogens with one attached hydrogen (secondary N) is 1. The van der Waals surface area contributed by atoms with Gasteiger partial charge in [0.2, 0.25) is 5.76 Å². The van der Waals surface area contributed by atoms with Gasteiger partial charge in [0.15, 0.2) is 5.89 Å². The first-order chi connectivity index (χ1) is 11.5. The predicted octanol–water partition coefficient (Wildman–Crippen LogP) is 1.42. The van der Waals surface area contributed by atoms with Gasteiger partial charge in [-0.05, 0) is 26.8 Å². The van der Waals surface area contributed by atoms with Crippen molar-refractivity contribution in [1.29, 1.82) is 0 Å².